The van der Waals surface area contributed by atoms with E-state index in [2.05, 4.69) is 21.7 Å². The maximum Gasteiger partial charge on any atom is 0.330 e. The van der Waals surface area contributed by atoms with Gasteiger partial charge in [0.2, 0.25) is 0 Å². The molecule has 2 aromatic rings. The lowest BCUT2D eigenvalue weighted by Crippen LogP contribution is -2.28. The summed E-state index contributed by atoms with van der Waals surface area (Å²) in [5.41, 5.74) is 3.43. The van der Waals surface area contributed by atoms with Gasteiger partial charge >= 0.3 is 5.97 Å². The molecule has 1 aromatic heterocycles. The molecule has 0 spiro atoms. The molecule has 0 bridgehead atoms. The van der Waals surface area contributed by atoms with Crippen LogP contribution in [-0.4, -0.2) is 27.8 Å². The smallest absolute Gasteiger partial charge is 0.330 e. The quantitative estimate of drug-likeness (QED) is 0.551. The second-order valence-corrected chi connectivity index (χ2v) is 7.53. The van der Waals surface area contributed by atoms with Gasteiger partial charge < -0.3 is 9.30 Å². The molecule has 0 saturated heterocycles. The Bertz CT molecular complexity index is 861. The molecule has 1 aliphatic heterocycles. The standard InChI is InChI=1S/C22H25FN2O2/c1-2-27-21(26)13-16-7-10-22(23,11-8-16)12-9-19-17-5-3-4-6-18(17)20-14-24-15-25(19)20/h3-6,13-15,19H,2,7-12H2,1H3. The third-order valence-corrected chi connectivity index (χ3v) is 5.86. The summed E-state index contributed by atoms with van der Waals surface area (Å²) in [6.07, 6.45) is 8.79. The predicted molar refractivity (Wildman–Crippen MR) is 102 cm³/mol. The molecule has 2 heterocycles. The molecule has 0 radical (unpaired) electrons. The van der Waals surface area contributed by atoms with Crippen LogP contribution >= 0.6 is 0 Å². The van der Waals surface area contributed by atoms with Crippen molar-refractivity contribution in [3.8, 4) is 11.3 Å². The number of aromatic nitrogens is 2. The molecule has 1 atom stereocenters. The average molecular weight is 368 g/mol. The maximum atomic E-state index is 15.4. The molecule has 1 fully saturated rings. The number of carbonyl (C=O) groups is 1. The largest absolute Gasteiger partial charge is 0.463 e. The Morgan fingerprint density at radius 1 is 1.37 bits per heavy atom. The zero-order valence-corrected chi connectivity index (χ0v) is 15.7. The first-order chi connectivity index (χ1) is 13.1. The number of hydrogen-bond donors (Lipinski definition) is 0. The summed E-state index contributed by atoms with van der Waals surface area (Å²) < 4.78 is 22.5. The Labute approximate surface area is 159 Å². The Kier molecular flexibility index (Phi) is 4.85. The van der Waals surface area contributed by atoms with E-state index in [-0.39, 0.29) is 12.0 Å². The topological polar surface area (TPSA) is 44.1 Å². The lowest BCUT2D eigenvalue weighted by Gasteiger charge is -2.32. The molecule has 0 amide bonds. The molecule has 1 aliphatic carbocycles. The zero-order valence-electron chi connectivity index (χ0n) is 15.7. The highest BCUT2D eigenvalue weighted by molar-refractivity contribution is 5.82. The van der Waals surface area contributed by atoms with Gasteiger partial charge in [0.1, 0.15) is 5.67 Å². The summed E-state index contributed by atoms with van der Waals surface area (Å²) in [6, 6.07) is 8.49. The molecule has 2 aliphatic rings. The van der Waals surface area contributed by atoms with E-state index >= 15 is 4.39 Å². The minimum absolute atomic E-state index is 0.155. The van der Waals surface area contributed by atoms with Crippen LogP contribution in [0.1, 0.15) is 57.1 Å². The van der Waals surface area contributed by atoms with Gasteiger partial charge in [-0.1, -0.05) is 29.8 Å². The van der Waals surface area contributed by atoms with Gasteiger partial charge in [0.25, 0.3) is 0 Å². The number of imidazole rings is 1. The van der Waals surface area contributed by atoms with Crippen molar-refractivity contribution in [3.63, 3.8) is 0 Å². The Morgan fingerprint density at radius 3 is 2.93 bits per heavy atom. The van der Waals surface area contributed by atoms with E-state index in [1.807, 2.05) is 24.7 Å². The van der Waals surface area contributed by atoms with Crippen molar-refractivity contribution < 1.29 is 13.9 Å². The van der Waals surface area contributed by atoms with Crippen molar-refractivity contribution in [1.29, 1.82) is 0 Å². The van der Waals surface area contributed by atoms with Crippen molar-refractivity contribution in [2.45, 2.75) is 57.2 Å². The number of nitrogens with zero attached hydrogens (tertiary/aromatic N) is 2. The van der Waals surface area contributed by atoms with Gasteiger partial charge in [-0.15, -0.1) is 0 Å². The number of esters is 1. The van der Waals surface area contributed by atoms with Crippen LogP contribution in [0.2, 0.25) is 0 Å². The van der Waals surface area contributed by atoms with Gasteiger partial charge in [-0.2, -0.15) is 0 Å². The SMILES string of the molecule is CCOC(=O)C=C1CCC(F)(CCC2c3ccccc3-c3cncn32)CC1. The minimum Gasteiger partial charge on any atom is -0.463 e. The van der Waals surface area contributed by atoms with E-state index in [0.717, 1.165) is 17.7 Å². The second-order valence-electron chi connectivity index (χ2n) is 7.53. The third-order valence-electron chi connectivity index (χ3n) is 5.86. The number of fused-ring (bicyclic) bond motifs is 3. The van der Waals surface area contributed by atoms with Crippen molar-refractivity contribution in [1.82, 2.24) is 9.55 Å². The van der Waals surface area contributed by atoms with Gasteiger partial charge in [0.15, 0.2) is 0 Å². The molecule has 0 N–H and O–H groups in total. The molecule has 5 heteroatoms. The van der Waals surface area contributed by atoms with Gasteiger partial charge in [-0.3, -0.25) is 0 Å². The number of ether oxygens (including phenoxy) is 1. The molecule has 1 saturated carbocycles. The molecule has 4 rings (SSSR count). The van der Waals surface area contributed by atoms with Crippen LogP contribution in [0.15, 0.2) is 48.4 Å². The Hall–Kier alpha value is -2.43. The highest BCUT2D eigenvalue weighted by Crippen LogP contribution is 2.45. The second kappa shape index (κ2) is 7.29. The summed E-state index contributed by atoms with van der Waals surface area (Å²) in [7, 11) is 0. The van der Waals surface area contributed by atoms with E-state index in [9.17, 15) is 4.79 Å². The number of rotatable bonds is 5. The van der Waals surface area contributed by atoms with Crippen LogP contribution in [0.3, 0.4) is 0 Å². The molecule has 1 aromatic carbocycles. The number of halogens is 1. The van der Waals surface area contributed by atoms with Crippen LogP contribution in [0.5, 0.6) is 0 Å². The summed E-state index contributed by atoms with van der Waals surface area (Å²) in [6.45, 7) is 2.16. The number of benzene rings is 1. The van der Waals surface area contributed by atoms with E-state index < -0.39 is 5.67 Å². The van der Waals surface area contributed by atoms with Crippen LogP contribution in [0.4, 0.5) is 4.39 Å². The van der Waals surface area contributed by atoms with E-state index in [1.54, 1.807) is 13.0 Å². The van der Waals surface area contributed by atoms with Crippen molar-refractivity contribution in [2.75, 3.05) is 6.61 Å². The molecular formula is C22H25FN2O2. The Morgan fingerprint density at radius 2 is 2.15 bits per heavy atom. The Balaban J connectivity index is 1.41. The number of allylic oxidation sites excluding steroid dienone is 1. The maximum absolute atomic E-state index is 15.4. The summed E-state index contributed by atoms with van der Waals surface area (Å²) in [5, 5.41) is 0. The summed E-state index contributed by atoms with van der Waals surface area (Å²) in [5.74, 6) is -0.311. The fourth-order valence-electron chi connectivity index (χ4n) is 4.39. The van der Waals surface area contributed by atoms with Crippen LogP contribution in [-0.2, 0) is 9.53 Å². The van der Waals surface area contributed by atoms with Gasteiger partial charge in [0.05, 0.1) is 30.9 Å². The first-order valence-electron chi connectivity index (χ1n) is 9.76. The predicted octanol–water partition coefficient (Wildman–Crippen LogP) is 5.00. The lowest BCUT2D eigenvalue weighted by atomic mass is 9.79. The van der Waals surface area contributed by atoms with E-state index in [4.69, 9.17) is 4.74 Å². The van der Waals surface area contributed by atoms with Crippen molar-refractivity contribution >= 4 is 5.97 Å². The highest BCUT2D eigenvalue weighted by Gasteiger charge is 2.36. The molecular weight excluding hydrogens is 343 g/mol. The van der Waals surface area contributed by atoms with Crippen LogP contribution in [0.25, 0.3) is 11.3 Å². The van der Waals surface area contributed by atoms with Gasteiger partial charge in [-0.25, -0.2) is 14.2 Å². The fraction of sp³-hybridized carbons (Fsp3) is 0.455. The molecule has 27 heavy (non-hydrogen) atoms. The summed E-state index contributed by atoms with van der Waals surface area (Å²) in [4.78, 5) is 15.9. The highest BCUT2D eigenvalue weighted by atomic mass is 19.1. The number of hydrogen-bond acceptors (Lipinski definition) is 3. The lowest BCUT2D eigenvalue weighted by molar-refractivity contribution is -0.137. The van der Waals surface area contributed by atoms with Crippen molar-refractivity contribution in [3.05, 3.63) is 54.0 Å². The molecule has 142 valence electrons. The molecule has 1 unspecified atom stereocenters. The first kappa shape index (κ1) is 18.0. The van der Waals surface area contributed by atoms with Gasteiger partial charge in [0, 0.05) is 11.6 Å². The third kappa shape index (κ3) is 3.55. The average Bonchev–Trinajstić information content (AvgIpc) is 3.24. The number of alkyl halides is 1. The summed E-state index contributed by atoms with van der Waals surface area (Å²) >= 11 is 0. The van der Waals surface area contributed by atoms with Gasteiger partial charge in [-0.05, 0) is 51.0 Å². The first-order valence-corrected chi connectivity index (χ1v) is 9.76. The number of carbonyl (C=O) groups excluding carboxylic acids is 1. The normalized spacial score (nSPS) is 23.6. The minimum atomic E-state index is -1.16. The fourth-order valence-corrected chi connectivity index (χ4v) is 4.39. The van der Waals surface area contributed by atoms with Crippen molar-refractivity contribution in [2.24, 2.45) is 0 Å². The molecule has 4 nitrogen and oxygen atoms in total. The van der Waals surface area contributed by atoms with E-state index in [1.165, 1.54) is 11.1 Å². The van der Waals surface area contributed by atoms with E-state index in [0.29, 0.717) is 38.7 Å². The zero-order chi connectivity index (χ0) is 18.9. The van der Waals surface area contributed by atoms with Crippen LogP contribution < -0.4 is 0 Å². The van der Waals surface area contributed by atoms with Crippen LogP contribution in [0, 0.1) is 0 Å². The monoisotopic (exact) mass is 368 g/mol.